The van der Waals surface area contributed by atoms with Crippen LogP contribution in [0.15, 0.2) is 60.7 Å². The first-order valence-electron chi connectivity index (χ1n) is 15.9. The standard InChI is InChI=1S/C40H22Cl4N2O6/c1-15-9-17(51-3)5-7-27(15)45-37(47)19-11-23(41)31-33-25(43)13-21-30-22(40(50)46(39(21)49)28-8-6-18(52-4)10-16(28)2)14-26(44)34(36(30)33)32-24(42)12-20(38(45)48)29(19)35(31)32/h5-14H,1-4H3. The zero-order chi connectivity index (χ0) is 36.7. The number of ether oxygens (including phenoxy) is 2. The van der Waals surface area contributed by atoms with Crippen molar-refractivity contribution in [2.75, 3.05) is 24.0 Å². The monoisotopic (exact) mass is 766 g/mol. The van der Waals surface area contributed by atoms with Crippen LogP contribution in [-0.4, -0.2) is 37.8 Å². The molecule has 2 aliphatic rings. The van der Waals surface area contributed by atoms with Gasteiger partial charge in [0.25, 0.3) is 23.6 Å². The number of fused-ring (bicyclic) bond motifs is 2. The maximum Gasteiger partial charge on any atom is 0.266 e. The molecule has 7 aromatic rings. The SMILES string of the molecule is COc1ccc(N2C(=O)c3cc(Cl)c4c5c(Cl)cc6c7c(cc(Cl)c(c8c(Cl)cc(c3c48)C2=O)c75)C(=O)N(c2ccc(OC)cc2C)C6=O)c(C)c1. The van der Waals surface area contributed by atoms with Crippen LogP contribution in [0.5, 0.6) is 11.5 Å². The molecule has 0 bridgehead atoms. The lowest BCUT2D eigenvalue weighted by Crippen LogP contribution is -2.41. The van der Waals surface area contributed by atoms with Crippen LogP contribution >= 0.6 is 46.4 Å². The molecule has 4 amide bonds. The second kappa shape index (κ2) is 11.2. The van der Waals surface area contributed by atoms with E-state index in [0.717, 1.165) is 9.80 Å². The Balaban J connectivity index is 1.37. The van der Waals surface area contributed by atoms with Crippen LogP contribution in [0.4, 0.5) is 11.4 Å². The van der Waals surface area contributed by atoms with Gasteiger partial charge in [-0.2, -0.15) is 0 Å². The molecule has 9 rings (SSSR count). The molecule has 0 saturated carbocycles. The van der Waals surface area contributed by atoms with Crippen LogP contribution in [0.1, 0.15) is 52.6 Å². The first-order chi connectivity index (χ1) is 24.9. The zero-order valence-corrected chi connectivity index (χ0v) is 30.7. The summed E-state index contributed by atoms with van der Waals surface area (Å²) >= 11 is 28.5. The highest BCUT2D eigenvalue weighted by atomic mass is 35.5. The second-order valence-electron chi connectivity index (χ2n) is 12.8. The molecule has 0 saturated heterocycles. The number of hydrogen-bond donors (Lipinski definition) is 0. The minimum Gasteiger partial charge on any atom is -0.497 e. The predicted octanol–water partition coefficient (Wildman–Crippen LogP) is 10.6. The van der Waals surface area contributed by atoms with Gasteiger partial charge in [0.1, 0.15) is 11.5 Å². The van der Waals surface area contributed by atoms with E-state index in [9.17, 15) is 19.2 Å². The Bertz CT molecular complexity index is 2560. The van der Waals surface area contributed by atoms with Gasteiger partial charge in [-0.15, -0.1) is 0 Å². The lowest BCUT2D eigenvalue weighted by Gasteiger charge is -2.32. The highest BCUT2D eigenvalue weighted by Crippen LogP contribution is 2.54. The van der Waals surface area contributed by atoms with Crippen molar-refractivity contribution in [1.82, 2.24) is 0 Å². The van der Waals surface area contributed by atoms with E-state index in [4.69, 9.17) is 55.9 Å². The lowest BCUT2D eigenvalue weighted by molar-refractivity contribution is 0.0877. The fourth-order valence-corrected chi connectivity index (χ4v) is 9.10. The molecular weight excluding hydrogens is 746 g/mol. The Morgan fingerprint density at radius 3 is 0.962 bits per heavy atom. The smallest absolute Gasteiger partial charge is 0.266 e. The number of methoxy groups -OCH3 is 2. The quantitative estimate of drug-likeness (QED) is 0.101. The average molecular weight is 768 g/mol. The summed E-state index contributed by atoms with van der Waals surface area (Å²) in [6.45, 7) is 3.56. The number of rotatable bonds is 4. The molecule has 52 heavy (non-hydrogen) atoms. The van der Waals surface area contributed by atoms with Crippen LogP contribution in [0.25, 0.3) is 43.1 Å². The highest BCUT2D eigenvalue weighted by Gasteiger charge is 2.41. The van der Waals surface area contributed by atoms with E-state index in [1.165, 1.54) is 38.5 Å². The molecule has 2 aliphatic heterocycles. The molecule has 0 unspecified atom stereocenters. The molecule has 12 heteroatoms. The summed E-state index contributed by atoms with van der Waals surface area (Å²) in [4.78, 5) is 59.5. The van der Waals surface area contributed by atoms with Gasteiger partial charge in [0.15, 0.2) is 0 Å². The van der Waals surface area contributed by atoms with Crippen LogP contribution in [-0.2, 0) is 0 Å². The molecule has 0 N–H and O–H groups in total. The predicted molar refractivity (Wildman–Crippen MR) is 205 cm³/mol. The molecule has 0 aromatic heterocycles. The van der Waals surface area contributed by atoms with Gasteiger partial charge >= 0.3 is 0 Å². The first kappa shape index (κ1) is 32.8. The van der Waals surface area contributed by atoms with Crippen molar-refractivity contribution in [3.8, 4) is 11.5 Å². The maximum absolute atomic E-state index is 14.3. The first-order valence-corrected chi connectivity index (χ1v) is 17.4. The van der Waals surface area contributed by atoms with Crippen molar-refractivity contribution in [3.05, 3.63) is 114 Å². The number of imide groups is 2. The van der Waals surface area contributed by atoms with E-state index in [2.05, 4.69) is 0 Å². The number of amides is 4. The van der Waals surface area contributed by atoms with Crippen molar-refractivity contribution in [2.45, 2.75) is 13.8 Å². The van der Waals surface area contributed by atoms with E-state index in [1.54, 1.807) is 50.2 Å². The fraction of sp³-hybridized carbons (Fsp3) is 0.100. The van der Waals surface area contributed by atoms with E-state index >= 15 is 0 Å². The summed E-state index contributed by atoms with van der Waals surface area (Å²) in [6.07, 6.45) is 0. The topological polar surface area (TPSA) is 93.2 Å². The minimum absolute atomic E-state index is 0.152. The Morgan fingerprint density at radius 2 is 0.712 bits per heavy atom. The highest BCUT2D eigenvalue weighted by molar-refractivity contribution is 6.57. The van der Waals surface area contributed by atoms with Crippen molar-refractivity contribution in [2.24, 2.45) is 0 Å². The Hall–Kier alpha value is -5.12. The van der Waals surface area contributed by atoms with E-state index in [-0.39, 0.29) is 42.3 Å². The molecule has 256 valence electrons. The molecule has 2 heterocycles. The molecule has 0 radical (unpaired) electrons. The number of carbonyl (C=O) groups excluding carboxylic acids is 4. The summed E-state index contributed by atoms with van der Waals surface area (Å²) in [5.74, 6) is -1.17. The molecule has 7 aromatic carbocycles. The maximum atomic E-state index is 14.3. The third-order valence-corrected chi connectivity index (χ3v) is 11.3. The zero-order valence-electron chi connectivity index (χ0n) is 27.6. The second-order valence-corrected chi connectivity index (χ2v) is 14.4. The average Bonchev–Trinajstić information content (AvgIpc) is 3.12. The summed E-state index contributed by atoms with van der Waals surface area (Å²) in [5.41, 5.74) is 2.78. The van der Waals surface area contributed by atoms with Gasteiger partial charge in [-0.25, -0.2) is 9.80 Å². The van der Waals surface area contributed by atoms with Crippen molar-refractivity contribution in [3.63, 3.8) is 0 Å². The molecule has 0 spiro atoms. The third-order valence-electron chi connectivity index (χ3n) is 10.1. The van der Waals surface area contributed by atoms with Gasteiger partial charge in [0.05, 0.1) is 47.8 Å². The molecule has 0 fully saturated rings. The number of benzene rings is 7. The van der Waals surface area contributed by atoms with Gasteiger partial charge in [0.2, 0.25) is 0 Å². The number of hydrogen-bond acceptors (Lipinski definition) is 6. The third kappa shape index (κ3) is 4.12. The Morgan fingerprint density at radius 1 is 0.423 bits per heavy atom. The summed E-state index contributed by atoms with van der Waals surface area (Å²) < 4.78 is 10.7. The number of carbonyl (C=O) groups is 4. The Labute approximate surface area is 315 Å². The number of anilines is 2. The Kier molecular flexibility index (Phi) is 7.05. The largest absolute Gasteiger partial charge is 0.497 e. The molecule has 0 aliphatic carbocycles. The summed E-state index contributed by atoms with van der Waals surface area (Å²) in [7, 11) is 3.06. The van der Waals surface area contributed by atoms with Gasteiger partial charge in [-0.3, -0.25) is 19.2 Å². The van der Waals surface area contributed by atoms with Crippen molar-refractivity contribution in [1.29, 1.82) is 0 Å². The van der Waals surface area contributed by atoms with Gasteiger partial charge in [-0.05, 0) is 85.6 Å². The lowest BCUT2D eigenvalue weighted by atomic mass is 9.81. The molecular formula is C40H22Cl4N2O6. The normalized spacial score (nSPS) is 14.2. The number of halogens is 4. The van der Waals surface area contributed by atoms with Crippen molar-refractivity contribution < 1.29 is 28.7 Å². The summed E-state index contributed by atoms with van der Waals surface area (Å²) in [6, 6.07) is 16.2. The van der Waals surface area contributed by atoms with Gasteiger partial charge in [-0.1, -0.05) is 46.4 Å². The summed E-state index contributed by atoms with van der Waals surface area (Å²) in [5, 5.41) is 3.74. The molecule has 8 nitrogen and oxygen atoms in total. The van der Waals surface area contributed by atoms with Crippen molar-refractivity contribution >= 4 is 124 Å². The minimum atomic E-state index is -0.578. The fourth-order valence-electron chi connectivity index (χ4n) is 7.91. The van der Waals surface area contributed by atoms with E-state index < -0.39 is 23.6 Å². The van der Waals surface area contributed by atoms with Gasteiger partial charge in [0, 0.05) is 63.2 Å². The van der Waals surface area contributed by atoms with Gasteiger partial charge < -0.3 is 9.47 Å². The number of aryl methyl sites for hydroxylation is 2. The molecule has 0 atom stereocenters. The van der Waals surface area contributed by atoms with Crippen LogP contribution in [0.3, 0.4) is 0 Å². The van der Waals surface area contributed by atoms with Crippen LogP contribution in [0, 0.1) is 13.8 Å². The van der Waals surface area contributed by atoms with E-state index in [1.807, 2.05) is 0 Å². The van der Waals surface area contributed by atoms with Crippen LogP contribution < -0.4 is 19.3 Å². The van der Waals surface area contributed by atoms with Crippen LogP contribution in [0.2, 0.25) is 20.1 Å². The van der Waals surface area contributed by atoms with E-state index in [0.29, 0.717) is 77.1 Å². The number of nitrogens with zero attached hydrogens (tertiary/aromatic N) is 2.